The molecule has 1 unspecified atom stereocenters. The number of nitrogens with two attached hydrogens (primary N) is 1. The van der Waals surface area contributed by atoms with Crippen molar-refractivity contribution in [1.82, 2.24) is 9.55 Å². The van der Waals surface area contributed by atoms with Crippen LogP contribution in [0.5, 0.6) is 0 Å². The molecule has 1 aromatic heterocycles. The highest BCUT2D eigenvalue weighted by molar-refractivity contribution is 7.98. The van der Waals surface area contributed by atoms with Crippen molar-refractivity contribution >= 4 is 34.4 Å². The molecule has 5 heteroatoms. The average Bonchev–Trinajstić information content (AvgIpc) is 2.73. The van der Waals surface area contributed by atoms with E-state index in [0.29, 0.717) is 5.02 Å². The van der Waals surface area contributed by atoms with Gasteiger partial charge in [-0.15, -0.1) is 0 Å². The number of fused-ring (bicyclic) bond motifs is 1. The molecule has 0 fully saturated rings. The maximum Gasteiger partial charge on any atom is 0.126 e. The predicted octanol–water partition coefficient (Wildman–Crippen LogP) is 3.46. The number of aryl methyl sites for hydroxylation is 1. The highest BCUT2D eigenvalue weighted by Gasteiger charge is 2.15. The second kappa shape index (κ2) is 5.95. The highest BCUT2D eigenvalue weighted by Crippen LogP contribution is 2.24. The Morgan fingerprint density at radius 1 is 1.50 bits per heavy atom. The molecule has 98 valence electrons. The largest absolute Gasteiger partial charge is 0.327 e. The molecule has 2 aromatic rings. The molecule has 1 heterocycles. The first-order valence-corrected chi connectivity index (χ1v) is 7.84. The van der Waals surface area contributed by atoms with Crippen LogP contribution in [-0.2, 0) is 6.54 Å². The summed E-state index contributed by atoms with van der Waals surface area (Å²) in [5, 5.41) is 0.715. The zero-order valence-corrected chi connectivity index (χ0v) is 12.3. The Bertz CT molecular complexity index is 538. The molecule has 0 radical (unpaired) electrons. The van der Waals surface area contributed by atoms with Crippen molar-refractivity contribution in [2.75, 3.05) is 12.0 Å². The summed E-state index contributed by atoms with van der Waals surface area (Å²) >= 11 is 7.81. The molecule has 0 saturated carbocycles. The standard InChI is InChI=1S/C13H18ClN3S/c1-3-17-12-5-4-9(14)8-11(12)16-13(17)10(15)6-7-18-2/h4-5,8,10H,3,6-7,15H2,1-2H3. The zero-order chi connectivity index (χ0) is 13.1. The Morgan fingerprint density at radius 3 is 2.94 bits per heavy atom. The fourth-order valence-electron chi connectivity index (χ4n) is 2.11. The van der Waals surface area contributed by atoms with Gasteiger partial charge in [-0.3, -0.25) is 0 Å². The number of imidazole rings is 1. The Balaban J connectivity index is 2.43. The maximum atomic E-state index is 6.23. The summed E-state index contributed by atoms with van der Waals surface area (Å²) < 4.78 is 2.18. The van der Waals surface area contributed by atoms with Gasteiger partial charge in [0.25, 0.3) is 0 Å². The first-order valence-electron chi connectivity index (χ1n) is 6.07. The van der Waals surface area contributed by atoms with E-state index in [2.05, 4.69) is 22.7 Å². The molecule has 0 bridgehead atoms. The highest BCUT2D eigenvalue weighted by atomic mass is 35.5. The SMILES string of the molecule is CCn1c(C(N)CCSC)nc2cc(Cl)ccc21. The van der Waals surface area contributed by atoms with E-state index in [1.54, 1.807) is 0 Å². The van der Waals surface area contributed by atoms with E-state index in [9.17, 15) is 0 Å². The predicted molar refractivity (Wildman–Crippen MR) is 80.3 cm³/mol. The Kier molecular flexibility index (Phi) is 4.54. The van der Waals surface area contributed by atoms with Gasteiger partial charge in [-0.1, -0.05) is 11.6 Å². The lowest BCUT2D eigenvalue weighted by molar-refractivity contribution is 0.601. The topological polar surface area (TPSA) is 43.8 Å². The third-order valence-electron chi connectivity index (χ3n) is 3.02. The summed E-state index contributed by atoms with van der Waals surface area (Å²) in [5.74, 6) is 2.01. The number of hydrogen-bond donors (Lipinski definition) is 1. The van der Waals surface area contributed by atoms with Crippen LogP contribution in [0.25, 0.3) is 11.0 Å². The molecular weight excluding hydrogens is 266 g/mol. The normalized spacial score (nSPS) is 13.1. The van der Waals surface area contributed by atoms with Gasteiger partial charge in [-0.2, -0.15) is 11.8 Å². The number of aromatic nitrogens is 2. The Hall–Kier alpha value is -0.710. The van der Waals surface area contributed by atoms with E-state index in [-0.39, 0.29) is 6.04 Å². The van der Waals surface area contributed by atoms with Crippen molar-refractivity contribution in [3.8, 4) is 0 Å². The van der Waals surface area contributed by atoms with Crippen LogP contribution in [0.2, 0.25) is 5.02 Å². The molecule has 2 N–H and O–H groups in total. The molecule has 18 heavy (non-hydrogen) atoms. The van der Waals surface area contributed by atoms with Crippen molar-refractivity contribution in [2.45, 2.75) is 25.9 Å². The van der Waals surface area contributed by atoms with Crippen LogP contribution in [0, 0.1) is 0 Å². The molecule has 0 amide bonds. The van der Waals surface area contributed by atoms with Crippen LogP contribution in [0.3, 0.4) is 0 Å². The number of hydrogen-bond acceptors (Lipinski definition) is 3. The molecule has 1 aromatic carbocycles. The summed E-state index contributed by atoms with van der Waals surface area (Å²) in [6, 6.07) is 5.80. The van der Waals surface area contributed by atoms with E-state index in [0.717, 1.165) is 35.6 Å². The van der Waals surface area contributed by atoms with Crippen LogP contribution < -0.4 is 5.73 Å². The van der Waals surface area contributed by atoms with Crippen molar-refractivity contribution in [3.63, 3.8) is 0 Å². The molecule has 1 atom stereocenters. The quantitative estimate of drug-likeness (QED) is 0.914. The minimum Gasteiger partial charge on any atom is -0.327 e. The molecule has 3 nitrogen and oxygen atoms in total. The molecule has 0 aliphatic carbocycles. The van der Waals surface area contributed by atoms with Crippen molar-refractivity contribution in [1.29, 1.82) is 0 Å². The minimum atomic E-state index is -0.0106. The van der Waals surface area contributed by atoms with Crippen LogP contribution in [0.15, 0.2) is 18.2 Å². The average molecular weight is 284 g/mol. The van der Waals surface area contributed by atoms with Crippen LogP contribution in [0.4, 0.5) is 0 Å². The Labute approximate surface area is 117 Å². The lowest BCUT2D eigenvalue weighted by Crippen LogP contribution is -2.17. The van der Waals surface area contributed by atoms with Gasteiger partial charge in [0.2, 0.25) is 0 Å². The van der Waals surface area contributed by atoms with Gasteiger partial charge < -0.3 is 10.3 Å². The van der Waals surface area contributed by atoms with Gasteiger partial charge in [0.05, 0.1) is 17.1 Å². The number of nitrogens with zero attached hydrogens (tertiary/aromatic N) is 2. The number of halogens is 1. The lowest BCUT2D eigenvalue weighted by atomic mass is 10.2. The molecule has 0 spiro atoms. The maximum absolute atomic E-state index is 6.23. The van der Waals surface area contributed by atoms with Crippen molar-refractivity contribution in [2.24, 2.45) is 5.73 Å². The van der Waals surface area contributed by atoms with E-state index < -0.39 is 0 Å². The second-order valence-electron chi connectivity index (χ2n) is 4.24. The van der Waals surface area contributed by atoms with Crippen molar-refractivity contribution in [3.05, 3.63) is 29.0 Å². The van der Waals surface area contributed by atoms with Crippen LogP contribution in [-0.4, -0.2) is 21.6 Å². The first-order chi connectivity index (χ1) is 8.67. The third-order valence-corrected chi connectivity index (χ3v) is 3.90. The van der Waals surface area contributed by atoms with E-state index in [4.69, 9.17) is 17.3 Å². The third kappa shape index (κ3) is 2.66. The van der Waals surface area contributed by atoms with Crippen molar-refractivity contribution < 1.29 is 0 Å². The van der Waals surface area contributed by atoms with E-state index in [1.807, 2.05) is 30.0 Å². The van der Waals surface area contributed by atoms with Gasteiger partial charge in [0, 0.05) is 11.6 Å². The van der Waals surface area contributed by atoms with Crippen LogP contribution in [0.1, 0.15) is 25.2 Å². The summed E-state index contributed by atoms with van der Waals surface area (Å²) in [7, 11) is 0. The molecule has 0 saturated heterocycles. The summed E-state index contributed by atoms with van der Waals surface area (Å²) in [6.45, 7) is 2.99. The number of benzene rings is 1. The van der Waals surface area contributed by atoms with Gasteiger partial charge in [0.1, 0.15) is 5.82 Å². The minimum absolute atomic E-state index is 0.0106. The molecule has 0 aliphatic rings. The van der Waals surface area contributed by atoms with Gasteiger partial charge in [0.15, 0.2) is 0 Å². The molecular formula is C13H18ClN3S. The summed E-state index contributed by atoms with van der Waals surface area (Å²) in [6.07, 6.45) is 3.04. The Morgan fingerprint density at radius 2 is 2.28 bits per heavy atom. The molecule has 0 aliphatic heterocycles. The lowest BCUT2D eigenvalue weighted by Gasteiger charge is -2.12. The summed E-state index contributed by atoms with van der Waals surface area (Å²) in [5.41, 5.74) is 8.27. The smallest absolute Gasteiger partial charge is 0.126 e. The monoisotopic (exact) mass is 283 g/mol. The molecule has 2 rings (SSSR count). The van der Waals surface area contributed by atoms with E-state index >= 15 is 0 Å². The fourth-order valence-corrected chi connectivity index (χ4v) is 2.77. The second-order valence-corrected chi connectivity index (χ2v) is 5.66. The summed E-state index contributed by atoms with van der Waals surface area (Å²) in [4.78, 5) is 4.64. The van der Waals surface area contributed by atoms with Gasteiger partial charge >= 0.3 is 0 Å². The van der Waals surface area contributed by atoms with Crippen LogP contribution >= 0.6 is 23.4 Å². The van der Waals surface area contributed by atoms with E-state index in [1.165, 1.54) is 0 Å². The number of rotatable bonds is 5. The number of thioether (sulfide) groups is 1. The zero-order valence-electron chi connectivity index (χ0n) is 10.7. The fraction of sp³-hybridized carbons (Fsp3) is 0.462. The first kappa shape index (κ1) is 13.7. The van der Waals surface area contributed by atoms with Gasteiger partial charge in [-0.25, -0.2) is 4.98 Å². The van der Waals surface area contributed by atoms with Gasteiger partial charge in [-0.05, 0) is 43.6 Å².